The number of anilines is 2. The molecule has 192 valence electrons. The number of nitrogens with zero attached hydrogens (tertiary/aromatic N) is 3. The summed E-state index contributed by atoms with van der Waals surface area (Å²) in [5.41, 5.74) is 2.10. The zero-order chi connectivity index (χ0) is 26.6. The fourth-order valence-electron chi connectivity index (χ4n) is 3.97. The summed E-state index contributed by atoms with van der Waals surface area (Å²) >= 11 is 0. The second-order valence-electron chi connectivity index (χ2n) is 9.79. The second-order valence-corrected chi connectivity index (χ2v) is 9.79. The lowest BCUT2D eigenvalue weighted by Gasteiger charge is -2.21. The first-order valence-corrected chi connectivity index (χ1v) is 12.3. The lowest BCUT2D eigenvalue weighted by molar-refractivity contribution is -0.116. The molecule has 4 aromatic rings. The van der Waals surface area contributed by atoms with Crippen LogP contribution in [0.1, 0.15) is 33.4 Å². The molecule has 4 rings (SSSR count). The molecule has 0 aliphatic rings. The summed E-state index contributed by atoms with van der Waals surface area (Å²) < 4.78 is 6.96. The number of methoxy groups -OCH3 is 1. The van der Waals surface area contributed by atoms with Crippen molar-refractivity contribution >= 4 is 34.2 Å². The molecular weight excluding hydrogens is 466 g/mol. The van der Waals surface area contributed by atoms with Crippen LogP contribution in [0.5, 0.6) is 5.75 Å². The Morgan fingerprint density at radius 3 is 2.35 bits per heavy atom. The average Bonchev–Trinajstić information content (AvgIpc) is 3.31. The van der Waals surface area contributed by atoms with Crippen LogP contribution in [0.3, 0.4) is 0 Å². The van der Waals surface area contributed by atoms with Crippen molar-refractivity contribution in [2.24, 2.45) is 0 Å². The van der Waals surface area contributed by atoms with Gasteiger partial charge in [-0.3, -0.25) is 4.79 Å². The monoisotopic (exact) mass is 499 g/mol. The number of hydrogen-bond donors (Lipinski definition) is 2. The van der Waals surface area contributed by atoms with Crippen molar-refractivity contribution in [2.45, 2.75) is 33.1 Å². The van der Waals surface area contributed by atoms with Crippen LogP contribution in [-0.4, -0.2) is 46.8 Å². The van der Waals surface area contributed by atoms with Crippen molar-refractivity contribution in [3.05, 3.63) is 78.5 Å². The van der Waals surface area contributed by atoms with Crippen LogP contribution in [0.2, 0.25) is 0 Å². The third-order valence-corrected chi connectivity index (χ3v) is 6.10. The zero-order valence-electron chi connectivity index (χ0n) is 21.9. The van der Waals surface area contributed by atoms with E-state index in [2.05, 4.69) is 31.4 Å². The first-order valence-electron chi connectivity index (χ1n) is 12.3. The Labute approximate surface area is 217 Å². The van der Waals surface area contributed by atoms with Gasteiger partial charge in [-0.15, -0.1) is 0 Å². The normalized spacial score (nSPS) is 11.3. The minimum Gasteiger partial charge on any atom is -0.497 e. The van der Waals surface area contributed by atoms with E-state index in [1.54, 1.807) is 11.8 Å². The van der Waals surface area contributed by atoms with Gasteiger partial charge in [-0.05, 0) is 42.6 Å². The van der Waals surface area contributed by atoms with Crippen LogP contribution in [0, 0.1) is 0 Å². The van der Waals surface area contributed by atoms with Crippen molar-refractivity contribution < 1.29 is 14.3 Å². The summed E-state index contributed by atoms with van der Waals surface area (Å²) in [6.45, 7) is 8.30. The van der Waals surface area contributed by atoms with Crippen LogP contribution in [0.4, 0.5) is 16.3 Å². The molecule has 0 saturated heterocycles. The van der Waals surface area contributed by atoms with Gasteiger partial charge in [0.1, 0.15) is 18.1 Å². The SMILES string of the molecule is CCN(CC(=O)Nc1cc(C(C)(C)C)nn1-c1ccc(OC)cc1)C(=O)Nc1cccc2ccccc12. The fourth-order valence-corrected chi connectivity index (χ4v) is 3.97. The summed E-state index contributed by atoms with van der Waals surface area (Å²) in [4.78, 5) is 27.6. The van der Waals surface area contributed by atoms with Crippen molar-refractivity contribution in [3.8, 4) is 11.4 Å². The Morgan fingerprint density at radius 1 is 0.973 bits per heavy atom. The first kappa shape index (κ1) is 25.8. The second kappa shape index (κ2) is 10.7. The van der Waals surface area contributed by atoms with Gasteiger partial charge in [-0.25, -0.2) is 9.48 Å². The minimum absolute atomic E-state index is 0.105. The predicted molar refractivity (Wildman–Crippen MR) is 148 cm³/mol. The molecule has 37 heavy (non-hydrogen) atoms. The van der Waals surface area contributed by atoms with Crippen LogP contribution in [0.25, 0.3) is 16.5 Å². The van der Waals surface area contributed by atoms with Crippen LogP contribution < -0.4 is 15.4 Å². The lowest BCUT2D eigenvalue weighted by Crippen LogP contribution is -2.40. The number of benzene rings is 3. The van der Waals surface area contributed by atoms with Gasteiger partial charge in [0.15, 0.2) is 0 Å². The number of rotatable bonds is 7. The number of hydrogen-bond acceptors (Lipinski definition) is 4. The van der Waals surface area contributed by atoms with Crippen molar-refractivity contribution in [3.63, 3.8) is 0 Å². The van der Waals surface area contributed by atoms with Gasteiger partial charge in [0.05, 0.1) is 24.2 Å². The summed E-state index contributed by atoms with van der Waals surface area (Å²) in [7, 11) is 1.61. The van der Waals surface area contributed by atoms with E-state index >= 15 is 0 Å². The maximum absolute atomic E-state index is 13.1. The van der Waals surface area contributed by atoms with Crippen molar-refractivity contribution in [2.75, 3.05) is 30.8 Å². The highest BCUT2D eigenvalue weighted by Gasteiger charge is 2.23. The number of likely N-dealkylation sites (N-methyl/N-ethyl adjacent to an activating group) is 1. The number of carbonyl (C=O) groups is 2. The Balaban J connectivity index is 1.52. The molecule has 0 spiro atoms. The molecule has 0 fully saturated rings. The van der Waals surface area contributed by atoms with E-state index in [1.165, 1.54) is 4.90 Å². The number of nitrogens with one attached hydrogen (secondary N) is 2. The molecule has 8 nitrogen and oxygen atoms in total. The van der Waals surface area contributed by atoms with Crippen LogP contribution >= 0.6 is 0 Å². The highest BCUT2D eigenvalue weighted by Crippen LogP contribution is 2.27. The number of carbonyl (C=O) groups excluding carboxylic acids is 2. The summed E-state index contributed by atoms with van der Waals surface area (Å²) in [5.74, 6) is 0.948. The van der Waals surface area contributed by atoms with E-state index in [0.717, 1.165) is 27.9 Å². The average molecular weight is 500 g/mol. The van der Waals surface area contributed by atoms with Crippen molar-refractivity contribution in [1.82, 2.24) is 14.7 Å². The highest BCUT2D eigenvalue weighted by atomic mass is 16.5. The molecule has 0 aliphatic carbocycles. The molecule has 8 heteroatoms. The molecule has 0 aliphatic heterocycles. The van der Waals surface area contributed by atoms with E-state index in [4.69, 9.17) is 9.84 Å². The Morgan fingerprint density at radius 2 is 1.68 bits per heavy atom. The molecule has 3 amide bonds. The molecule has 0 radical (unpaired) electrons. The minimum atomic E-state index is -0.340. The standard InChI is InChI=1S/C29H33N5O3/c1-6-33(28(36)30-24-13-9-11-20-10-7-8-12-23(20)24)19-27(35)31-26-18-25(29(2,3)4)32-34(26)21-14-16-22(37-5)17-15-21/h7-18H,6,19H2,1-5H3,(H,30,36)(H,31,35). The van der Waals surface area contributed by atoms with E-state index in [1.807, 2.05) is 79.7 Å². The third kappa shape index (κ3) is 5.91. The summed E-state index contributed by atoms with van der Waals surface area (Å²) in [6.07, 6.45) is 0. The lowest BCUT2D eigenvalue weighted by atomic mass is 9.92. The van der Waals surface area contributed by atoms with Crippen LogP contribution in [-0.2, 0) is 10.2 Å². The molecule has 0 unspecified atom stereocenters. The smallest absolute Gasteiger partial charge is 0.322 e. The summed E-state index contributed by atoms with van der Waals surface area (Å²) in [5, 5.41) is 12.6. The fraction of sp³-hybridized carbons (Fsp3) is 0.276. The molecule has 0 saturated carbocycles. The number of fused-ring (bicyclic) bond motifs is 1. The maximum atomic E-state index is 13.1. The first-order chi connectivity index (χ1) is 17.7. The van der Waals surface area contributed by atoms with Gasteiger partial charge in [0.2, 0.25) is 5.91 Å². The number of amides is 3. The number of aromatic nitrogens is 2. The molecule has 1 heterocycles. The largest absolute Gasteiger partial charge is 0.497 e. The van der Waals surface area contributed by atoms with Gasteiger partial charge in [-0.2, -0.15) is 5.10 Å². The summed E-state index contributed by atoms with van der Waals surface area (Å²) in [6, 6.07) is 22.6. The molecule has 3 aromatic carbocycles. The third-order valence-electron chi connectivity index (χ3n) is 6.10. The molecule has 0 bridgehead atoms. The molecular formula is C29H33N5O3. The maximum Gasteiger partial charge on any atom is 0.322 e. The molecule has 2 N–H and O–H groups in total. The van der Waals surface area contributed by atoms with Crippen molar-refractivity contribution in [1.29, 1.82) is 0 Å². The van der Waals surface area contributed by atoms with Gasteiger partial charge < -0.3 is 20.3 Å². The quantitative estimate of drug-likeness (QED) is 0.335. The Bertz CT molecular complexity index is 1400. The van der Waals surface area contributed by atoms with Gasteiger partial charge in [-0.1, -0.05) is 57.2 Å². The number of ether oxygens (including phenoxy) is 1. The van der Waals surface area contributed by atoms with E-state index in [9.17, 15) is 9.59 Å². The number of urea groups is 1. The predicted octanol–water partition coefficient (Wildman–Crippen LogP) is 5.82. The van der Waals surface area contributed by atoms with E-state index in [0.29, 0.717) is 18.1 Å². The Hall–Kier alpha value is -4.33. The molecule has 0 atom stereocenters. The van der Waals surface area contributed by atoms with E-state index < -0.39 is 0 Å². The Kier molecular flexibility index (Phi) is 7.47. The van der Waals surface area contributed by atoms with E-state index in [-0.39, 0.29) is 23.9 Å². The zero-order valence-corrected chi connectivity index (χ0v) is 21.9. The van der Waals surface area contributed by atoms with Crippen LogP contribution in [0.15, 0.2) is 72.8 Å². The molecule has 1 aromatic heterocycles. The van der Waals surface area contributed by atoms with Gasteiger partial charge in [0, 0.05) is 23.4 Å². The highest BCUT2D eigenvalue weighted by molar-refractivity contribution is 6.03. The topological polar surface area (TPSA) is 88.5 Å². The van der Waals surface area contributed by atoms with Gasteiger partial charge in [0.25, 0.3) is 0 Å². The van der Waals surface area contributed by atoms with Gasteiger partial charge >= 0.3 is 6.03 Å².